The van der Waals surface area contributed by atoms with Gasteiger partial charge in [0.1, 0.15) is 25.0 Å². The molecule has 6 fully saturated rings. The van der Waals surface area contributed by atoms with Gasteiger partial charge in [-0.3, -0.25) is 29.1 Å². The van der Waals surface area contributed by atoms with Gasteiger partial charge in [0.2, 0.25) is 11.8 Å². The fourth-order valence-corrected chi connectivity index (χ4v) is 9.85. The van der Waals surface area contributed by atoms with E-state index in [1.807, 2.05) is 18.2 Å². The average Bonchev–Trinajstić information content (AvgIpc) is 3.25. The van der Waals surface area contributed by atoms with E-state index in [-0.39, 0.29) is 55.7 Å². The summed E-state index contributed by atoms with van der Waals surface area (Å²) in [7, 11) is 0. The smallest absolute Gasteiger partial charge is 0.397 e. The molecule has 1 aromatic rings. The summed E-state index contributed by atoms with van der Waals surface area (Å²) in [6.45, 7) is 11.6. The number of carbonyl (C=O) groups excluding carboxylic acids is 4. The van der Waals surface area contributed by atoms with Crippen LogP contribution < -0.4 is 0 Å². The molecule has 2 saturated carbocycles. The number of carbonyl (C=O) groups is 4. The summed E-state index contributed by atoms with van der Waals surface area (Å²) >= 11 is 0. The van der Waals surface area contributed by atoms with Gasteiger partial charge in [-0.2, -0.15) is 26.3 Å². The number of piperidine rings is 3. The standard InChI is InChI=1S/C22H28F3N3O3.C17H24F3NO3.CH4/c1-21(2,3)20(30)31-19-16-9-13-8-15(27(16)12-14-6-4-5-7-26-14)18(19)28(11-13)17(29)10-22(23,24)25;1-16(2,3)15(23)24-14-11-5-9-4-10(6-11)13(14)21(8-9)12(22)7-17(18,19)20;/h4-7,13,15-16,18-19H,8-12H2,1-3H3;9-11,13-14H,4-8H2,1-3H3;1H4/t13?,15-,16+,18?,19+;9?,10-,11+,13?,14-;/m10./s1. The molecule has 0 spiro atoms. The van der Waals surface area contributed by atoms with Crippen LogP contribution in [0.2, 0.25) is 0 Å². The van der Waals surface area contributed by atoms with E-state index in [0.29, 0.717) is 19.5 Å². The van der Waals surface area contributed by atoms with Crippen molar-refractivity contribution in [3.05, 3.63) is 30.1 Å². The number of alkyl halides is 6. The second kappa shape index (κ2) is 15.7. The van der Waals surface area contributed by atoms with E-state index in [2.05, 4.69) is 9.88 Å². The van der Waals surface area contributed by atoms with E-state index in [9.17, 15) is 45.5 Å². The lowest BCUT2D eigenvalue weighted by Crippen LogP contribution is -2.58. The van der Waals surface area contributed by atoms with Crippen molar-refractivity contribution in [2.75, 3.05) is 13.1 Å². The van der Waals surface area contributed by atoms with Gasteiger partial charge < -0.3 is 19.3 Å². The van der Waals surface area contributed by atoms with Gasteiger partial charge in [0.05, 0.1) is 28.6 Å². The fraction of sp³-hybridized carbons (Fsp3) is 0.775. The molecule has 314 valence electrons. The Hall–Kier alpha value is -3.43. The number of amides is 2. The zero-order valence-corrected chi connectivity index (χ0v) is 32.2. The van der Waals surface area contributed by atoms with E-state index in [1.165, 1.54) is 9.80 Å². The van der Waals surface area contributed by atoms with Crippen LogP contribution in [-0.2, 0) is 35.2 Å². The highest BCUT2D eigenvalue weighted by molar-refractivity contribution is 5.79. The van der Waals surface area contributed by atoms with E-state index in [4.69, 9.17) is 9.47 Å². The number of esters is 2. The predicted molar refractivity (Wildman–Crippen MR) is 192 cm³/mol. The Kier molecular flexibility index (Phi) is 12.3. The largest absolute Gasteiger partial charge is 0.459 e. The average molecular weight is 803 g/mol. The number of aromatic nitrogens is 1. The predicted octanol–water partition coefficient (Wildman–Crippen LogP) is 6.96. The molecule has 1 aromatic heterocycles. The zero-order chi connectivity index (χ0) is 40.4. The van der Waals surface area contributed by atoms with Gasteiger partial charge in [-0.1, -0.05) is 13.5 Å². The van der Waals surface area contributed by atoms with Gasteiger partial charge in [-0.15, -0.1) is 0 Å². The molecular formula is C40H56F6N4O6. The molecule has 6 aliphatic rings. The molecule has 7 rings (SSSR count). The number of rotatable bonds is 6. The van der Waals surface area contributed by atoms with Crippen LogP contribution in [-0.4, -0.2) is 105 Å². The van der Waals surface area contributed by atoms with Crippen LogP contribution in [0.5, 0.6) is 0 Å². The second-order valence-corrected chi connectivity index (χ2v) is 18.5. The highest BCUT2D eigenvalue weighted by Gasteiger charge is 2.62. The van der Waals surface area contributed by atoms with Gasteiger partial charge in [-0.05, 0) is 109 Å². The van der Waals surface area contributed by atoms with Gasteiger partial charge in [-0.25, -0.2) is 0 Å². The molecule has 5 heterocycles. The topological polar surface area (TPSA) is 109 Å². The molecule has 16 heteroatoms. The number of nitrogens with zero attached hydrogens (tertiary/aromatic N) is 4. The number of hydrogen-bond acceptors (Lipinski definition) is 8. The molecule has 10 atom stereocenters. The third kappa shape index (κ3) is 9.47. The minimum atomic E-state index is -4.57. The van der Waals surface area contributed by atoms with Crippen LogP contribution >= 0.6 is 0 Å². The molecule has 4 unspecified atom stereocenters. The minimum absolute atomic E-state index is 0. The summed E-state index contributed by atoms with van der Waals surface area (Å²) in [6.07, 6.45) is -7.41. The first-order valence-corrected chi connectivity index (χ1v) is 19.2. The van der Waals surface area contributed by atoms with Crippen molar-refractivity contribution in [3.63, 3.8) is 0 Å². The Morgan fingerprint density at radius 3 is 1.70 bits per heavy atom. The quantitative estimate of drug-likeness (QED) is 0.225. The van der Waals surface area contributed by atoms with Gasteiger partial charge in [0.25, 0.3) is 0 Å². The van der Waals surface area contributed by atoms with E-state index >= 15 is 0 Å². The normalized spacial score (nSPS) is 32.0. The summed E-state index contributed by atoms with van der Waals surface area (Å²) in [5, 5.41) is 0. The van der Waals surface area contributed by atoms with Crippen LogP contribution in [0.25, 0.3) is 0 Å². The molecule has 2 aliphatic carbocycles. The van der Waals surface area contributed by atoms with Crippen molar-refractivity contribution in [1.29, 1.82) is 0 Å². The Balaban J connectivity index is 0.000000217. The van der Waals surface area contributed by atoms with Crippen LogP contribution in [0.4, 0.5) is 26.3 Å². The third-order valence-corrected chi connectivity index (χ3v) is 12.0. The van der Waals surface area contributed by atoms with E-state index in [1.54, 1.807) is 47.7 Å². The van der Waals surface area contributed by atoms with Crippen molar-refractivity contribution >= 4 is 23.8 Å². The molecule has 0 aromatic carbocycles. The first-order chi connectivity index (χ1) is 25.4. The number of halogens is 6. The number of hydrogen-bond donors (Lipinski definition) is 0. The van der Waals surface area contributed by atoms with Gasteiger partial charge >= 0.3 is 24.3 Å². The van der Waals surface area contributed by atoms with Crippen LogP contribution in [0.1, 0.15) is 99.6 Å². The summed E-state index contributed by atoms with van der Waals surface area (Å²) < 4.78 is 88.5. The van der Waals surface area contributed by atoms with Gasteiger partial charge in [0, 0.05) is 37.9 Å². The molecular weight excluding hydrogens is 746 g/mol. The van der Waals surface area contributed by atoms with Crippen LogP contribution in [0, 0.1) is 34.5 Å². The number of pyridine rings is 1. The summed E-state index contributed by atoms with van der Waals surface area (Å²) in [5.41, 5.74) is -0.581. The summed E-state index contributed by atoms with van der Waals surface area (Å²) in [4.78, 5) is 59.1. The van der Waals surface area contributed by atoms with Crippen LogP contribution in [0.15, 0.2) is 24.4 Å². The van der Waals surface area contributed by atoms with Gasteiger partial charge in [0.15, 0.2) is 0 Å². The molecule has 10 nitrogen and oxygen atoms in total. The molecule has 0 radical (unpaired) electrons. The lowest BCUT2D eigenvalue weighted by atomic mass is 9.78. The van der Waals surface area contributed by atoms with E-state index < -0.39 is 78.1 Å². The van der Waals surface area contributed by atoms with Crippen molar-refractivity contribution in [1.82, 2.24) is 19.7 Å². The lowest BCUT2D eigenvalue weighted by molar-refractivity contribution is -0.173. The third-order valence-electron chi connectivity index (χ3n) is 12.0. The molecule has 0 N–H and O–H groups in total. The van der Waals surface area contributed by atoms with E-state index in [0.717, 1.165) is 31.4 Å². The monoisotopic (exact) mass is 802 g/mol. The SMILES string of the molecule is C.CC(C)(C)C(=O)O[C@@H]1C2[C@H]3CC(C[C@@H]1C3)CN2C(=O)CC(F)(F)F.CC(C)(C)C(=O)O[C@@H]1C2[C@H]3CC(C[C@@H]1N3Cc1ccccn1)CN2C(=O)CC(F)(F)F. The summed E-state index contributed by atoms with van der Waals surface area (Å²) in [6, 6.07) is 4.33. The van der Waals surface area contributed by atoms with Crippen LogP contribution in [0.3, 0.4) is 0 Å². The Morgan fingerprint density at radius 1 is 0.679 bits per heavy atom. The molecule has 4 saturated heterocycles. The Labute approximate surface area is 325 Å². The Morgan fingerprint density at radius 2 is 1.18 bits per heavy atom. The first-order valence-electron chi connectivity index (χ1n) is 19.2. The fourth-order valence-electron chi connectivity index (χ4n) is 9.85. The minimum Gasteiger partial charge on any atom is -0.459 e. The summed E-state index contributed by atoms with van der Waals surface area (Å²) in [5.74, 6) is -1.96. The Bertz CT molecular complexity index is 1610. The number of fused-ring (bicyclic) bond motifs is 4. The second-order valence-electron chi connectivity index (χ2n) is 18.5. The maximum atomic E-state index is 13.0. The first kappa shape index (κ1) is 43.7. The molecule has 56 heavy (non-hydrogen) atoms. The highest BCUT2D eigenvalue weighted by atomic mass is 19.4. The lowest BCUT2D eigenvalue weighted by Gasteiger charge is -2.46. The number of likely N-dealkylation sites (tertiary alicyclic amines) is 2. The maximum Gasteiger partial charge on any atom is 0.397 e. The zero-order valence-electron chi connectivity index (χ0n) is 32.2. The molecule has 6 bridgehead atoms. The van der Waals surface area contributed by atoms with Crippen molar-refractivity contribution in [3.8, 4) is 0 Å². The molecule has 4 aliphatic heterocycles. The van der Waals surface area contributed by atoms with Crippen molar-refractivity contribution in [2.45, 2.75) is 149 Å². The highest BCUT2D eigenvalue weighted by Crippen LogP contribution is 2.53. The maximum absolute atomic E-state index is 13.0. The van der Waals surface area contributed by atoms with Crippen molar-refractivity contribution < 1.29 is 55.0 Å². The van der Waals surface area contributed by atoms with Crippen molar-refractivity contribution in [2.24, 2.45) is 34.5 Å². The number of ether oxygens (including phenoxy) is 2. The molecule has 2 amide bonds.